The van der Waals surface area contributed by atoms with Gasteiger partial charge in [-0.05, 0) is 35.2 Å². The molecule has 0 aliphatic carbocycles. The lowest BCUT2D eigenvalue weighted by molar-refractivity contribution is 0.0729. The Bertz CT molecular complexity index is 634. The highest BCUT2D eigenvalue weighted by Crippen LogP contribution is 2.33. The summed E-state index contributed by atoms with van der Waals surface area (Å²) in [6, 6.07) is 2.64. The molecule has 6 nitrogen and oxygen atoms in total. The fourth-order valence-electron chi connectivity index (χ4n) is 2.98. The van der Waals surface area contributed by atoms with Crippen LogP contribution in [0.25, 0.3) is 0 Å². The highest BCUT2D eigenvalue weighted by molar-refractivity contribution is 7.07. The number of hydrogen-bond donors (Lipinski definition) is 1. The van der Waals surface area contributed by atoms with Crippen LogP contribution in [-0.4, -0.2) is 45.4 Å². The summed E-state index contributed by atoms with van der Waals surface area (Å²) in [6.07, 6.45) is 3.87. The van der Waals surface area contributed by atoms with E-state index in [1.807, 2.05) is 4.90 Å². The molecule has 0 saturated carbocycles. The molecule has 0 aromatic carbocycles. The van der Waals surface area contributed by atoms with Crippen molar-refractivity contribution in [2.24, 2.45) is 0 Å². The van der Waals surface area contributed by atoms with Crippen LogP contribution in [0.4, 0.5) is 0 Å². The first-order valence-electron chi connectivity index (χ1n) is 7.28. The maximum atomic E-state index is 12.7. The average molecular weight is 303 g/mol. The van der Waals surface area contributed by atoms with Crippen LogP contribution in [0, 0.1) is 0 Å². The van der Waals surface area contributed by atoms with E-state index >= 15 is 0 Å². The number of hydrogen-bond acceptors (Lipinski definition) is 5. The number of nitrogens with one attached hydrogen (secondary N) is 1. The van der Waals surface area contributed by atoms with Crippen LogP contribution in [0.3, 0.4) is 0 Å². The molecule has 1 amide bonds. The number of amides is 1. The molecule has 7 heteroatoms. The molecule has 2 fully saturated rings. The van der Waals surface area contributed by atoms with Crippen LogP contribution in [0.5, 0.6) is 0 Å². The highest BCUT2D eigenvalue weighted by Gasteiger charge is 2.32. The molecule has 0 bridgehead atoms. The summed E-state index contributed by atoms with van der Waals surface area (Å²) in [6.45, 7) is 2.60. The molecule has 0 radical (unpaired) electrons. The van der Waals surface area contributed by atoms with E-state index < -0.39 is 0 Å². The second-order valence-corrected chi connectivity index (χ2v) is 6.39. The van der Waals surface area contributed by atoms with Gasteiger partial charge in [0.2, 0.25) is 0 Å². The molecule has 21 heavy (non-hydrogen) atoms. The standard InChI is InChI=1S/C14H17N5OS/c20-14(12-8-19(17-16-12)11-6-15-7-11)18-4-1-2-13(18)10-3-5-21-9-10/h3,5,8-9,11,13,15H,1-2,4,6-7H2. The smallest absolute Gasteiger partial charge is 0.276 e. The second kappa shape index (κ2) is 5.23. The van der Waals surface area contributed by atoms with Crippen LogP contribution < -0.4 is 5.32 Å². The number of carbonyl (C=O) groups excluding carboxylic acids is 1. The van der Waals surface area contributed by atoms with Crippen molar-refractivity contribution in [1.82, 2.24) is 25.2 Å². The number of carbonyl (C=O) groups is 1. The summed E-state index contributed by atoms with van der Waals surface area (Å²) in [5, 5.41) is 15.6. The van der Waals surface area contributed by atoms with Crippen molar-refractivity contribution in [2.75, 3.05) is 19.6 Å². The summed E-state index contributed by atoms with van der Waals surface area (Å²) >= 11 is 1.68. The Labute approximate surface area is 126 Å². The van der Waals surface area contributed by atoms with Gasteiger partial charge in [0, 0.05) is 19.6 Å². The van der Waals surface area contributed by atoms with Gasteiger partial charge in [0.25, 0.3) is 5.91 Å². The Morgan fingerprint density at radius 1 is 1.43 bits per heavy atom. The first-order valence-corrected chi connectivity index (χ1v) is 8.23. The van der Waals surface area contributed by atoms with E-state index in [4.69, 9.17) is 0 Å². The molecule has 110 valence electrons. The molecule has 4 rings (SSSR count). The average Bonchev–Trinajstić information content (AvgIpc) is 3.16. The molecule has 1 unspecified atom stereocenters. The van der Waals surface area contributed by atoms with Gasteiger partial charge in [0.1, 0.15) is 0 Å². The van der Waals surface area contributed by atoms with Gasteiger partial charge < -0.3 is 10.2 Å². The minimum Gasteiger partial charge on any atom is -0.330 e. The van der Waals surface area contributed by atoms with Gasteiger partial charge in [-0.25, -0.2) is 4.68 Å². The molecule has 2 saturated heterocycles. The lowest BCUT2D eigenvalue weighted by Gasteiger charge is -2.26. The van der Waals surface area contributed by atoms with Crippen LogP contribution in [0.1, 0.15) is 41.0 Å². The molecular weight excluding hydrogens is 286 g/mol. The summed E-state index contributed by atoms with van der Waals surface area (Å²) in [7, 11) is 0. The van der Waals surface area contributed by atoms with Crippen LogP contribution >= 0.6 is 11.3 Å². The number of likely N-dealkylation sites (tertiary alicyclic amines) is 1. The van der Waals surface area contributed by atoms with Gasteiger partial charge in [-0.1, -0.05) is 5.21 Å². The Kier molecular flexibility index (Phi) is 3.23. The van der Waals surface area contributed by atoms with Gasteiger partial charge in [-0.15, -0.1) is 5.10 Å². The van der Waals surface area contributed by atoms with Gasteiger partial charge >= 0.3 is 0 Å². The van der Waals surface area contributed by atoms with Crippen LogP contribution in [0.15, 0.2) is 23.0 Å². The number of nitrogens with zero attached hydrogens (tertiary/aromatic N) is 4. The van der Waals surface area contributed by atoms with E-state index in [0.717, 1.165) is 32.5 Å². The molecular formula is C14H17N5OS. The molecule has 2 aliphatic rings. The summed E-state index contributed by atoms with van der Waals surface area (Å²) in [5.41, 5.74) is 1.70. The van der Waals surface area contributed by atoms with Gasteiger partial charge in [0.05, 0.1) is 18.3 Å². The molecule has 2 aliphatic heterocycles. The van der Waals surface area contributed by atoms with Crippen molar-refractivity contribution >= 4 is 17.2 Å². The van der Waals surface area contributed by atoms with E-state index in [-0.39, 0.29) is 11.9 Å². The van der Waals surface area contributed by atoms with Gasteiger partial charge in [0.15, 0.2) is 5.69 Å². The summed E-state index contributed by atoms with van der Waals surface area (Å²) in [4.78, 5) is 14.6. The van der Waals surface area contributed by atoms with Crippen molar-refractivity contribution < 1.29 is 4.79 Å². The zero-order valence-corrected chi connectivity index (χ0v) is 12.4. The van der Waals surface area contributed by atoms with E-state index in [0.29, 0.717) is 11.7 Å². The topological polar surface area (TPSA) is 63.1 Å². The maximum Gasteiger partial charge on any atom is 0.276 e. The van der Waals surface area contributed by atoms with E-state index in [9.17, 15) is 4.79 Å². The quantitative estimate of drug-likeness (QED) is 0.932. The maximum absolute atomic E-state index is 12.7. The summed E-state index contributed by atoms with van der Waals surface area (Å²) < 4.78 is 1.80. The molecule has 2 aromatic heterocycles. The predicted octanol–water partition coefficient (Wildman–Crippen LogP) is 1.46. The molecule has 0 spiro atoms. The number of aromatic nitrogens is 3. The third kappa shape index (κ3) is 2.26. The third-order valence-corrected chi connectivity index (χ3v) is 5.01. The fraction of sp³-hybridized carbons (Fsp3) is 0.500. The van der Waals surface area contributed by atoms with Crippen LogP contribution in [-0.2, 0) is 0 Å². The molecule has 4 heterocycles. The fourth-order valence-corrected chi connectivity index (χ4v) is 3.69. The third-order valence-electron chi connectivity index (χ3n) is 4.31. The molecule has 1 N–H and O–H groups in total. The minimum absolute atomic E-state index is 0.00207. The summed E-state index contributed by atoms with van der Waals surface area (Å²) in [5.74, 6) is 0.00207. The van der Waals surface area contributed by atoms with Crippen molar-refractivity contribution in [3.05, 3.63) is 34.3 Å². The van der Waals surface area contributed by atoms with E-state index in [2.05, 4.69) is 32.5 Å². The Balaban J connectivity index is 1.54. The predicted molar refractivity (Wildman–Crippen MR) is 79.3 cm³/mol. The zero-order chi connectivity index (χ0) is 14.2. The van der Waals surface area contributed by atoms with Crippen molar-refractivity contribution in [3.8, 4) is 0 Å². The van der Waals surface area contributed by atoms with Crippen molar-refractivity contribution in [1.29, 1.82) is 0 Å². The van der Waals surface area contributed by atoms with E-state index in [1.54, 1.807) is 22.2 Å². The molecule has 1 atom stereocenters. The SMILES string of the molecule is O=C(c1cn(C2CNC2)nn1)N1CCCC1c1ccsc1. The zero-order valence-electron chi connectivity index (χ0n) is 11.6. The lowest BCUT2D eigenvalue weighted by Crippen LogP contribution is -2.43. The normalized spacial score (nSPS) is 22.5. The largest absolute Gasteiger partial charge is 0.330 e. The first kappa shape index (κ1) is 13.0. The van der Waals surface area contributed by atoms with Crippen molar-refractivity contribution in [3.63, 3.8) is 0 Å². The molecule has 2 aromatic rings. The Morgan fingerprint density at radius 2 is 2.33 bits per heavy atom. The van der Waals surface area contributed by atoms with Crippen LogP contribution in [0.2, 0.25) is 0 Å². The second-order valence-electron chi connectivity index (χ2n) is 5.61. The monoisotopic (exact) mass is 303 g/mol. The highest BCUT2D eigenvalue weighted by atomic mass is 32.1. The van der Waals surface area contributed by atoms with Gasteiger partial charge in [-0.3, -0.25) is 4.79 Å². The Morgan fingerprint density at radius 3 is 3.05 bits per heavy atom. The minimum atomic E-state index is 0.00207. The first-order chi connectivity index (χ1) is 10.3. The van der Waals surface area contributed by atoms with Crippen molar-refractivity contribution in [2.45, 2.75) is 24.9 Å². The van der Waals surface area contributed by atoms with E-state index in [1.165, 1.54) is 5.56 Å². The lowest BCUT2D eigenvalue weighted by atomic mass is 10.1. The van der Waals surface area contributed by atoms with Gasteiger partial charge in [-0.2, -0.15) is 11.3 Å². The Hall–Kier alpha value is -1.73. The number of rotatable bonds is 3. The number of thiophene rings is 1.